The number of carbonyl (C=O) groups is 4. The van der Waals surface area contributed by atoms with Gasteiger partial charge in [0.05, 0.1) is 43.9 Å². The first-order chi connectivity index (χ1) is 36.5. The Labute approximate surface area is 441 Å². The highest BCUT2D eigenvalue weighted by molar-refractivity contribution is 9.10. The average Bonchev–Trinajstić information content (AvgIpc) is 4.21. The monoisotopic (exact) mass is 1110 g/mol. The van der Waals surface area contributed by atoms with Gasteiger partial charge >= 0.3 is 12.2 Å². The van der Waals surface area contributed by atoms with Gasteiger partial charge in [0, 0.05) is 39.0 Å². The van der Waals surface area contributed by atoms with E-state index < -0.39 is 76.8 Å². The number of likely N-dealkylation sites (N-methyl/N-ethyl adjacent to an activating group) is 1. The number of nitrogens with one attached hydrogen (secondary N) is 3. The van der Waals surface area contributed by atoms with Crippen LogP contribution in [0.1, 0.15) is 48.5 Å². The van der Waals surface area contributed by atoms with Crippen molar-refractivity contribution >= 4 is 96.9 Å². The molecule has 0 saturated carbocycles. The van der Waals surface area contributed by atoms with Gasteiger partial charge < -0.3 is 30.0 Å². The van der Waals surface area contributed by atoms with Gasteiger partial charge in [0.1, 0.15) is 24.4 Å². The van der Waals surface area contributed by atoms with Crippen molar-refractivity contribution in [1.82, 2.24) is 24.8 Å². The van der Waals surface area contributed by atoms with Crippen LogP contribution in [0.2, 0.25) is 5.02 Å². The van der Waals surface area contributed by atoms with Crippen molar-refractivity contribution in [3.63, 3.8) is 0 Å². The molecule has 2 aliphatic rings. The van der Waals surface area contributed by atoms with Crippen molar-refractivity contribution in [2.24, 2.45) is 0 Å². The average molecular weight is 1110 g/mol. The molecule has 0 radical (unpaired) electrons. The summed E-state index contributed by atoms with van der Waals surface area (Å²) in [5.41, 5.74) is -4.30. The zero-order chi connectivity index (χ0) is 53.4. The molecule has 7 aromatic carbocycles. The fourth-order valence-corrected chi connectivity index (χ4v) is 10.4. The summed E-state index contributed by atoms with van der Waals surface area (Å²) in [5.74, 6) is -5.09. The summed E-state index contributed by atoms with van der Waals surface area (Å²) in [6, 6.07) is 35.9. The number of aromatic nitrogens is 4. The molecule has 0 saturated heterocycles. The molecule has 0 fully saturated rings. The molecule has 0 bridgehead atoms. The lowest BCUT2D eigenvalue weighted by atomic mass is 9.92. The highest BCUT2D eigenvalue weighted by Gasteiger charge is 2.55. The van der Waals surface area contributed by atoms with E-state index in [2.05, 4.69) is 41.2 Å². The van der Waals surface area contributed by atoms with Crippen LogP contribution >= 0.6 is 27.5 Å². The van der Waals surface area contributed by atoms with Crippen LogP contribution < -0.4 is 20.0 Å². The standard InChI is InChI=1S/C54H38BrClF3N9O8/c1-65(26-28-9-3-2-4-10-28)43(27-76-51(71)64-49-60-38-21-17-29(23-40(38)61-49)53(74)34-14-6-5-13-33(34)47(69)68(53)42-16-8-15-35(56)46(42)59)66(52(72)73)50-62-39-22-18-30(24-41(39)63-50)54(75)45-37(58)20-19-36(57)44(45)48(70)67(54)32-12-7-11-31(55)25-32/h2-25,43,74-75H,26-27H2,1H3,(H,62,63)(H,72,73)(H2,60,61,64,71). The first-order valence-corrected chi connectivity index (χ1v) is 24.3. The maximum Gasteiger partial charge on any atom is 0.415 e. The van der Waals surface area contributed by atoms with Gasteiger partial charge in [-0.05, 0) is 85.4 Å². The number of carbonyl (C=O) groups excluding carboxylic acids is 3. The number of halogens is 5. The molecule has 3 atom stereocenters. The third-order valence-corrected chi connectivity index (χ3v) is 14.1. The fraction of sp³-hybridized carbons (Fsp3) is 0.111. The smallest absolute Gasteiger partial charge is 0.415 e. The molecule has 76 heavy (non-hydrogen) atoms. The third kappa shape index (κ3) is 8.15. The topological polar surface area (TPSA) is 221 Å². The molecule has 22 heteroatoms. The number of aromatic amines is 2. The van der Waals surface area contributed by atoms with Gasteiger partial charge in [-0.1, -0.05) is 100 Å². The Hall–Kier alpha value is -8.60. The number of fused-ring (bicyclic) bond motifs is 4. The van der Waals surface area contributed by atoms with Crippen molar-refractivity contribution in [2.75, 3.05) is 33.7 Å². The number of benzene rings is 7. The Morgan fingerprint density at radius 2 is 1.45 bits per heavy atom. The van der Waals surface area contributed by atoms with Crippen molar-refractivity contribution < 1.29 is 52.4 Å². The van der Waals surface area contributed by atoms with E-state index in [4.69, 9.17) is 16.3 Å². The lowest BCUT2D eigenvalue weighted by molar-refractivity contribution is 0.0680. The normalized spacial score (nSPS) is 17.4. The van der Waals surface area contributed by atoms with Crippen molar-refractivity contribution in [3.8, 4) is 0 Å². The maximum absolute atomic E-state index is 15.9. The Kier molecular flexibility index (Phi) is 12.4. The molecule has 382 valence electrons. The number of aliphatic hydroxyl groups is 2. The summed E-state index contributed by atoms with van der Waals surface area (Å²) in [5, 5.41) is 38.3. The molecule has 6 N–H and O–H groups in total. The van der Waals surface area contributed by atoms with E-state index in [1.54, 1.807) is 54.4 Å². The van der Waals surface area contributed by atoms with E-state index >= 15 is 13.2 Å². The van der Waals surface area contributed by atoms with Crippen LogP contribution in [0.4, 0.5) is 46.0 Å². The fourth-order valence-electron chi connectivity index (χ4n) is 9.89. The van der Waals surface area contributed by atoms with Gasteiger partial charge in [-0.3, -0.25) is 29.6 Å². The minimum Gasteiger partial charge on any atom is -0.465 e. The molecule has 2 aliphatic heterocycles. The molecule has 11 rings (SSSR count). The summed E-state index contributed by atoms with van der Waals surface area (Å²) < 4.78 is 53.1. The van der Waals surface area contributed by atoms with Gasteiger partial charge in [0.2, 0.25) is 17.6 Å². The second kappa shape index (κ2) is 19.0. The Bertz CT molecular complexity index is 3870. The SMILES string of the molecule is CN(Cc1ccccc1)C(COC(=O)Nc1nc2ccc(C3(O)c4ccccc4C(=O)N3c3cccc(Cl)c3F)cc2[nH]1)N(C(=O)O)c1nc2ccc(C3(O)c4c(F)ccc(F)c4C(=O)N3c3cccc(Br)c3)cc2[nH]1. The number of nitrogens with zero attached hydrogens (tertiary/aromatic N) is 6. The van der Waals surface area contributed by atoms with Crippen LogP contribution in [0, 0.1) is 17.5 Å². The van der Waals surface area contributed by atoms with Crippen LogP contribution in [0.15, 0.2) is 150 Å². The zero-order valence-electron chi connectivity index (χ0n) is 39.3. The number of hydrogen-bond donors (Lipinski definition) is 6. The number of amides is 4. The summed E-state index contributed by atoms with van der Waals surface area (Å²) >= 11 is 9.48. The van der Waals surface area contributed by atoms with E-state index in [0.717, 1.165) is 32.4 Å². The minimum atomic E-state index is -2.61. The molecule has 2 aromatic heterocycles. The van der Waals surface area contributed by atoms with E-state index in [9.17, 15) is 34.5 Å². The molecule has 17 nitrogen and oxygen atoms in total. The second-order valence-corrected chi connectivity index (χ2v) is 19.2. The van der Waals surface area contributed by atoms with Gasteiger partial charge in [-0.25, -0.2) is 37.6 Å². The number of rotatable bonds is 12. The number of H-pyrrole nitrogens is 2. The van der Waals surface area contributed by atoms with Crippen LogP contribution in [0.3, 0.4) is 0 Å². The van der Waals surface area contributed by atoms with Crippen molar-refractivity contribution in [1.29, 1.82) is 0 Å². The quantitative estimate of drug-likeness (QED) is 0.0632. The number of hydrogen-bond acceptors (Lipinski definition) is 10. The molecule has 9 aromatic rings. The minimum absolute atomic E-state index is 0.0991. The van der Waals surface area contributed by atoms with Crippen LogP contribution in [0.25, 0.3) is 22.1 Å². The van der Waals surface area contributed by atoms with Crippen molar-refractivity contribution in [3.05, 3.63) is 211 Å². The number of carboxylic acid groups (broad SMARTS) is 1. The Balaban J connectivity index is 0.893. The van der Waals surface area contributed by atoms with Crippen LogP contribution in [-0.4, -0.2) is 84.0 Å². The predicted octanol–water partition coefficient (Wildman–Crippen LogP) is 10.2. The molecule has 0 aliphatic carbocycles. The van der Waals surface area contributed by atoms with Crippen LogP contribution in [0.5, 0.6) is 0 Å². The Morgan fingerprint density at radius 1 is 0.776 bits per heavy atom. The number of ether oxygens (including phenoxy) is 1. The molecule has 3 unspecified atom stereocenters. The summed E-state index contributed by atoms with van der Waals surface area (Å²) in [7, 11) is 1.60. The maximum atomic E-state index is 15.9. The lowest BCUT2D eigenvalue weighted by Crippen LogP contribution is -2.52. The van der Waals surface area contributed by atoms with Gasteiger partial charge in [-0.2, -0.15) is 0 Å². The highest BCUT2D eigenvalue weighted by atomic mass is 79.9. The summed E-state index contributed by atoms with van der Waals surface area (Å²) in [6.45, 7) is -0.454. The highest BCUT2D eigenvalue weighted by Crippen LogP contribution is 2.49. The van der Waals surface area contributed by atoms with Crippen LogP contribution in [-0.2, 0) is 22.7 Å². The van der Waals surface area contributed by atoms with E-state index in [0.29, 0.717) is 9.99 Å². The first kappa shape index (κ1) is 49.6. The number of imidazole rings is 2. The molecular formula is C54H38BrClF3N9O8. The molecule has 4 heterocycles. The van der Waals surface area contributed by atoms with Gasteiger partial charge in [0.25, 0.3) is 11.8 Å². The molecule has 0 spiro atoms. The van der Waals surface area contributed by atoms with Gasteiger partial charge in [-0.15, -0.1) is 0 Å². The predicted molar refractivity (Wildman–Crippen MR) is 277 cm³/mol. The third-order valence-electron chi connectivity index (χ3n) is 13.3. The van der Waals surface area contributed by atoms with E-state index in [1.807, 2.05) is 18.2 Å². The Morgan fingerprint density at radius 3 is 2.18 bits per heavy atom. The largest absolute Gasteiger partial charge is 0.465 e. The summed E-state index contributed by atoms with van der Waals surface area (Å²) in [4.78, 5) is 74.0. The zero-order valence-corrected chi connectivity index (χ0v) is 41.6. The number of anilines is 4. The van der Waals surface area contributed by atoms with E-state index in [-0.39, 0.29) is 73.6 Å². The van der Waals surface area contributed by atoms with Crippen molar-refractivity contribution in [2.45, 2.75) is 24.2 Å². The molecule has 4 amide bonds. The van der Waals surface area contributed by atoms with Gasteiger partial charge in [0.15, 0.2) is 11.5 Å². The van der Waals surface area contributed by atoms with E-state index in [1.165, 1.54) is 72.8 Å². The lowest BCUT2D eigenvalue weighted by Gasteiger charge is -2.35. The molecular weight excluding hydrogens is 1070 g/mol. The summed E-state index contributed by atoms with van der Waals surface area (Å²) in [6.07, 6.45) is -3.88. The first-order valence-electron chi connectivity index (χ1n) is 23.1. The second-order valence-electron chi connectivity index (χ2n) is 17.9.